The number of hydrogen-bond acceptors (Lipinski definition) is 5. The number of nitrogens with zero attached hydrogens (tertiary/aromatic N) is 1. The first-order chi connectivity index (χ1) is 16.9. The number of nitriles is 1. The zero-order valence-corrected chi connectivity index (χ0v) is 23.5. The monoisotopic (exact) mass is 506 g/mol. The predicted molar refractivity (Wildman–Crippen MR) is 140 cm³/mol. The lowest BCUT2D eigenvalue weighted by Gasteiger charge is -2.71. The molecule has 3 saturated carbocycles. The van der Waals surface area contributed by atoms with E-state index in [4.69, 9.17) is 5.73 Å². The van der Waals surface area contributed by atoms with Gasteiger partial charge in [-0.3, -0.25) is 14.4 Å². The smallest absolute Gasteiger partial charge is 0.224 e. The van der Waals surface area contributed by atoms with Gasteiger partial charge in [-0.15, -0.1) is 0 Å². The zero-order chi connectivity index (χ0) is 27.6. The first kappa shape index (κ1) is 26.4. The Kier molecular flexibility index (Phi) is 5.15. The van der Waals surface area contributed by atoms with E-state index in [1.165, 1.54) is 0 Å². The van der Waals surface area contributed by atoms with Crippen LogP contribution in [0.1, 0.15) is 93.4 Å². The molecule has 200 valence electrons. The average Bonchev–Trinajstić information content (AvgIpc) is 2.80. The SMILES string of the molecule is CC1(C)CCC2(C(N)=O)CCC3(C)C4(C)CCC5C(C)(C)C(=O)C(C#N)=CC5(C)C4=CC(=O)C3(O)C2C1. The summed E-state index contributed by atoms with van der Waals surface area (Å²) in [5.41, 5.74) is 1.62. The second-order valence-electron chi connectivity index (χ2n) is 14.9. The number of rotatable bonds is 1. The molecule has 7 unspecified atom stereocenters. The number of aliphatic hydroxyl groups is 1. The molecule has 0 aromatic carbocycles. The Morgan fingerprint density at radius 2 is 1.62 bits per heavy atom. The highest BCUT2D eigenvalue weighted by Gasteiger charge is 2.76. The van der Waals surface area contributed by atoms with Crippen molar-refractivity contribution >= 4 is 17.5 Å². The van der Waals surface area contributed by atoms with Crippen LogP contribution in [0.2, 0.25) is 0 Å². The van der Waals surface area contributed by atoms with Crippen molar-refractivity contribution in [2.45, 2.75) is 99.0 Å². The minimum Gasteiger partial charge on any atom is -0.381 e. The second-order valence-corrected chi connectivity index (χ2v) is 14.9. The molecule has 0 bridgehead atoms. The van der Waals surface area contributed by atoms with E-state index in [0.29, 0.717) is 25.7 Å². The summed E-state index contributed by atoms with van der Waals surface area (Å²) < 4.78 is 0. The van der Waals surface area contributed by atoms with E-state index >= 15 is 0 Å². The van der Waals surface area contributed by atoms with Crippen molar-refractivity contribution in [3.05, 3.63) is 23.3 Å². The van der Waals surface area contributed by atoms with Gasteiger partial charge in [0.25, 0.3) is 0 Å². The first-order valence-electron chi connectivity index (χ1n) is 13.8. The van der Waals surface area contributed by atoms with E-state index in [-0.39, 0.29) is 28.5 Å². The fourth-order valence-electron chi connectivity index (χ4n) is 10.1. The van der Waals surface area contributed by atoms with Gasteiger partial charge in [0.05, 0.1) is 11.0 Å². The van der Waals surface area contributed by atoms with Crippen molar-refractivity contribution in [1.29, 1.82) is 5.26 Å². The number of nitrogens with two attached hydrogens (primary N) is 1. The molecule has 0 heterocycles. The Balaban J connectivity index is 1.76. The average molecular weight is 507 g/mol. The van der Waals surface area contributed by atoms with Gasteiger partial charge >= 0.3 is 0 Å². The molecule has 5 aliphatic rings. The molecular formula is C31H42N2O4. The molecule has 3 N–H and O–H groups in total. The van der Waals surface area contributed by atoms with Crippen molar-refractivity contribution in [2.24, 2.45) is 50.1 Å². The Labute approximate surface area is 220 Å². The van der Waals surface area contributed by atoms with E-state index in [1.807, 2.05) is 20.8 Å². The minimum absolute atomic E-state index is 0.0616. The van der Waals surface area contributed by atoms with Crippen LogP contribution in [-0.4, -0.2) is 28.2 Å². The summed E-state index contributed by atoms with van der Waals surface area (Å²) in [6, 6.07) is 2.12. The van der Waals surface area contributed by atoms with Crippen LogP contribution in [0.3, 0.4) is 0 Å². The Morgan fingerprint density at radius 3 is 2.22 bits per heavy atom. The number of primary amides is 1. The maximum atomic E-state index is 14.3. The molecule has 6 nitrogen and oxygen atoms in total. The maximum absolute atomic E-state index is 14.3. The molecule has 6 heteroatoms. The number of carbonyl (C=O) groups is 3. The lowest BCUT2D eigenvalue weighted by molar-refractivity contribution is -0.242. The first-order valence-corrected chi connectivity index (χ1v) is 13.8. The van der Waals surface area contributed by atoms with Crippen LogP contribution in [0.4, 0.5) is 0 Å². The van der Waals surface area contributed by atoms with Crippen molar-refractivity contribution in [1.82, 2.24) is 0 Å². The van der Waals surface area contributed by atoms with Crippen molar-refractivity contribution in [2.75, 3.05) is 0 Å². The van der Waals surface area contributed by atoms with Gasteiger partial charge < -0.3 is 10.8 Å². The van der Waals surface area contributed by atoms with Crippen molar-refractivity contribution in [3.63, 3.8) is 0 Å². The van der Waals surface area contributed by atoms with Crippen LogP contribution >= 0.6 is 0 Å². The minimum atomic E-state index is -1.72. The fourth-order valence-corrected chi connectivity index (χ4v) is 10.1. The van der Waals surface area contributed by atoms with Gasteiger partial charge in [-0.25, -0.2) is 0 Å². The summed E-state index contributed by atoms with van der Waals surface area (Å²) in [5.74, 6) is -1.50. The number of ketones is 2. The number of Topliss-reactive ketones (excluding diaryl/α,β-unsaturated/α-hetero) is 1. The molecule has 0 aromatic rings. The van der Waals surface area contributed by atoms with Crippen LogP contribution in [0.25, 0.3) is 0 Å². The molecule has 5 aliphatic carbocycles. The fraction of sp³-hybridized carbons (Fsp3) is 0.742. The van der Waals surface area contributed by atoms with Gasteiger partial charge in [-0.05, 0) is 73.3 Å². The normalized spacial score (nSPS) is 47.8. The van der Waals surface area contributed by atoms with Crippen LogP contribution in [0.5, 0.6) is 0 Å². The molecule has 37 heavy (non-hydrogen) atoms. The number of fused-ring (bicyclic) bond motifs is 7. The van der Waals surface area contributed by atoms with E-state index < -0.39 is 44.5 Å². The van der Waals surface area contributed by atoms with E-state index in [1.54, 1.807) is 12.2 Å². The third kappa shape index (κ3) is 2.82. The number of carbonyl (C=O) groups excluding carboxylic acids is 3. The number of allylic oxidation sites excluding steroid dienone is 3. The molecular weight excluding hydrogens is 464 g/mol. The van der Waals surface area contributed by atoms with Crippen molar-refractivity contribution < 1.29 is 19.5 Å². The largest absolute Gasteiger partial charge is 0.381 e. The Hall–Kier alpha value is -2.26. The molecule has 0 aromatic heterocycles. The van der Waals surface area contributed by atoms with E-state index in [9.17, 15) is 24.8 Å². The molecule has 0 saturated heterocycles. The molecule has 1 amide bonds. The highest BCUT2D eigenvalue weighted by atomic mass is 16.3. The highest BCUT2D eigenvalue weighted by molar-refractivity contribution is 6.05. The summed E-state index contributed by atoms with van der Waals surface area (Å²) in [7, 11) is 0. The van der Waals surface area contributed by atoms with Crippen LogP contribution in [-0.2, 0) is 14.4 Å². The van der Waals surface area contributed by atoms with Gasteiger partial charge in [0, 0.05) is 22.2 Å². The zero-order valence-electron chi connectivity index (χ0n) is 23.5. The quantitative estimate of drug-likeness (QED) is 0.529. The third-order valence-electron chi connectivity index (χ3n) is 12.5. The van der Waals surface area contributed by atoms with E-state index in [0.717, 1.165) is 24.8 Å². The topological polar surface area (TPSA) is 121 Å². The highest BCUT2D eigenvalue weighted by Crippen LogP contribution is 2.75. The van der Waals surface area contributed by atoms with Crippen LogP contribution < -0.4 is 5.73 Å². The molecule has 0 aliphatic heterocycles. The summed E-state index contributed by atoms with van der Waals surface area (Å²) in [6.45, 7) is 14.4. The maximum Gasteiger partial charge on any atom is 0.224 e. The summed E-state index contributed by atoms with van der Waals surface area (Å²) in [5, 5.41) is 22.6. The molecule has 0 spiro atoms. The van der Waals surface area contributed by atoms with Gasteiger partial charge in [0.2, 0.25) is 5.91 Å². The summed E-state index contributed by atoms with van der Waals surface area (Å²) in [6.07, 6.45) is 7.96. The number of amides is 1. The van der Waals surface area contributed by atoms with Crippen LogP contribution in [0.15, 0.2) is 23.3 Å². The van der Waals surface area contributed by atoms with Gasteiger partial charge in [-0.2, -0.15) is 5.26 Å². The summed E-state index contributed by atoms with van der Waals surface area (Å²) in [4.78, 5) is 40.6. The Morgan fingerprint density at radius 1 is 1.00 bits per heavy atom. The number of hydrogen-bond donors (Lipinski definition) is 2. The third-order valence-corrected chi connectivity index (χ3v) is 12.5. The molecule has 3 fully saturated rings. The van der Waals surface area contributed by atoms with Gasteiger partial charge in [0.1, 0.15) is 11.7 Å². The second kappa shape index (κ2) is 7.23. The molecule has 7 atom stereocenters. The lowest BCUT2D eigenvalue weighted by atomic mass is 9.32. The standard InChI is InChI=1S/C31H42N2O4/c1-25(2)10-12-30(24(33)36)13-11-29(7)28(6)9-8-19-26(3,4)23(35)18(17-32)15-27(19,5)20(28)14-22(34)31(29,37)21(30)16-25/h14-15,19,21,37H,8-13,16H2,1-7H3,(H2,33,36). The predicted octanol–water partition coefficient (Wildman–Crippen LogP) is 4.81. The van der Waals surface area contributed by atoms with Gasteiger partial charge in [0.15, 0.2) is 11.6 Å². The molecule has 5 rings (SSSR count). The summed E-state index contributed by atoms with van der Waals surface area (Å²) >= 11 is 0. The van der Waals surface area contributed by atoms with E-state index in [2.05, 4.69) is 33.8 Å². The lowest BCUT2D eigenvalue weighted by Crippen LogP contribution is -2.75. The molecule has 0 radical (unpaired) electrons. The van der Waals surface area contributed by atoms with Gasteiger partial charge in [-0.1, -0.05) is 54.5 Å². The Bertz CT molecular complexity index is 1240. The van der Waals surface area contributed by atoms with Crippen molar-refractivity contribution in [3.8, 4) is 6.07 Å². The van der Waals surface area contributed by atoms with Crippen LogP contribution in [0, 0.1) is 55.7 Å².